The van der Waals surface area contributed by atoms with E-state index in [0.29, 0.717) is 5.56 Å². The van der Waals surface area contributed by atoms with E-state index >= 15 is 0 Å². The van der Waals surface area contributed by atoms with Crippen molar-refractivity contribution in [1.82, 2.24) is 0 Å². The molecule has 0 aliphatic heterocycles. The number of hydrogen-bond acceptors (Lipinski definition) is 2. The molecular weight excluding hydrogens is 264 g/mol. The fourth-order valence-corrected chi connectivity index (χ4v) is 1.89. The van der Waals surface area contributed by atoms with Gasteiger partial charge in [0.15, 0.2) is 0 Å². The summed E-state index contributed by atoms with van der Waals surface area (Å²) in [6, 6.07) is 12.0. The monoisotopic (exact) mass is 274 g/mol. The van der Waals surface area contributed by atoms with E-state index in [-0.39, 0.29) is 11.1 Å². The molecule has 0 bridgehead atoms. The normalized spacial score (nSPS) is 10.2. The van der Waals surface area contributed by atoms with Crippen molar-refractivity contribution in [3.05, 3.63) is 59.2 Å². The maximum atomic E-state index is 11.2. The highest BCUT2D eigenvalue weighted by Crippen LogP contribution is 2.24. The second kappa shape index (κ2) is 5.24. The third-order valence-corrected chi connectivity index (χ3v) is 3.01. The highest BCUT2D eigenvalue weighted by atomic mass is 35.5. The smallest absolute Gasteiger partial charge is 0.335 e. The zero-order valence-electron chi connectivity index (χ0n) is 10.2. The lowest BCUT2D eigenvalue weighted by atomic mass is 9.99. The van der Waals surface area contributed by atoms with Crippen LogP contribution in [0.15, 0.2) is 42.5 Å². The van der Waals surface area contributed by atoms with Crippen LogP contribution in [0.4, 0.5) is 0 Å². The van der Waals surface area contributed by atoms with Gasteiger partial charge in [0.25, 0.3) is 5.24 Å². The first-order chi connectivity index (χ1) is 8.97. The van der Waals surface area contributed by atoms with Gasteiger partial charge in [0.2, 0.25) is 0 Å². The van der Waals surface area contributed by atoms with Gasteiger partial charge >= 0.3 is 5.97 Å². The quantitative estimate of drug-likeness (QED) is 0.868. The number of carboxylic acids is 1. The minimum Gasteiger partial charge on any atom is -0.478 e. The molecule has 19 heavy (non-hydrogen) atoms. The van der Waals surface area contributed by atoms with Crippen LogP contribution < -0.4 is 0 Å². The molecule has 0 aliphatic rings. The van der Waals surface area contributed by atoms with Gasteiger partial charge < -0.3 is 5.11 Å². The summed E-state index contributed by atoms with van der Waals surface area (Å²) in [5.74, 6) is -1.09. The summed E-state index contributed by atoms with van der Waals surface area (Å²) in [4.78, 5) is 22.3. The van der Waals surface area contributed by atoms with Gasteiger partial charge in [0, 0.05) is 5.56 Å². The Hall–Kier alpha value is -2.13. The molecule has 0 atom stereocenters. The van der Waals surface area contributed by atoms with Crippen molar-refractivity contribution >= 4 is 22.8 Å². The first kappa shape index (κ1) is 13.3. The molecule has 0 saturated heterocycles. The zero-order valence-corrected chi connectivity index (χ0v) is 10.9. The molecular formula is C15H11ClO3. The Morgan fingerprint density at radius 1 is 0.947 bits per heavy atom. The van der Waals surface area contributed by atoms with Crippen molar-refractivity contribution in [2.24, 2.45) is 0 Å². The Morgan fingerprint density at radius 3 is 2.05 bits per heavy atom. The zero-order chi connectivity index (χ0) is 14.0. The third kappa shape index (κ3) is 3.01. The third-order valence-electron chi connectivity index (χ3n) is 2.79. The largest absolute Gasteiger partial charge is 0.478 e. The molecule has 0 fully saturated rings. The predicted octanol–water partition coefficient (Wildman–Crippen LogP) is 3.74. The molecule has 2 aromatic rings. The van der Waals surface area contributed by atoms with E-state index in [1.807, 2.05) is 31.2 Å². The van der Waals surface area contributed by atoms with Crippen molar-refractivity contribution in [1.29, 1.82) is 0 Å². The molecule has 0 heterocycles. The molecule has 0 saturated carbocycles. The first-order valence-electron chi connectivity index (χ1n) is 5.62. The first-order valence-corrected chi connectivity index (χ1v) is 6.00. The average molecular weight is 275 g/mol. The number of carbonyl (C=O) groups excluding carboxylic acids is 1. The Bertz CT molecular complexity index is 613. The van der Waals surface area contributed by atoms with Crippen LogP contribution in [-0.4, -0.2) is 16.3 Å². The van der Waals surface area contributed by atoms with Gasteiger partial charge in [0.1, 0.15) is 0 Å². The minimum atomic E-state index is -1.09. The highest BCUT2D eigenvalue weighted by molar-refractivity contribution is 6.67. The van der Waals surface area contributed by atoms with E-state index in [0.717, 1.165) is 11.1 Å². The maximum Gasteiger partial charge on any atom is 0.335 e. The number of hydrogen-bond donors (Lipinski definition) is 1. The fourth-order valence-electron chi connectivity index (χ4n) is 1.78. The Kier molecular flexibility index (Phi) is 3.67. The van der Waals surface area contributed by atoms with E-state index < -0.39 is 11.2 Å². The Morgan fingerprint density at radius 2 is 1.53 bits per heavy atom. The van der Waals surface area contributed by atoms with Gasteiger partial charge in [-0.25, -0.2) is 4.79 Å². The lowest BCUT2D eigenvalue weighted by Gasteiger charge is -2.06. The lowest BCUT2D eigenvalue weighted by Crippen LogP contribution is -2.00. The Balaban J connectivity index is 2.59. The van der Waals surface area contributed by atoms with Gasteiger partial charge in [-0.2, -0.15) is 0 Å². The number of carbonyl (C=O) groups is 2. The number of aryl methyl sites for hydroxylation is 1. The van der Waals surface area contributed by atoms with Crippen LogP contribution in [0.1, 0.15) is 26.3 Å². The minimum absolute atomic E-state index is 0.0436. The van der Waals surface area contributed by atoms with Crippen LogP contribution in [0, 0.1) is 6.92 Å². The molecule has 0 spiro atoms. The van der Waals surface area contributed by atoms with Crippen LogP contribution >= 0.6 is 11.6 Å². The average Bonchev–Trinajstić information content (AvgIpc) is 2.39. The number of benzene rings is 2. The molecule has 0 radical (unpaired) electrons. The van der Waals surface area contributed by atoms with Crippen molar-refractivity contribution in [2.75, 3.05) is 0 Å². The van der Waals surface area contributed by atoms with Gasteiger partial charge in [0.05, 0.1) is 5.56 Å². The molecule has 1 N–H and O–H groups in total. The molecule has 0 aromatic heterocycles. The SMILES string of the molecule is Cc1ccc(-c2cc(C(=O)O)cc(C(=O)Cl)c2)cc1. The summed E-state index contributed by atoms with van der Waals surface area (Å²) in [5, 5.41) is 8.38. The summed E-state index contributed by atoms with van der Waals surface area (Å²) in [5.41, 5.74) is 2.82. The van der Waals surface area contributed by atoms with Crippen LogP contribution in [0.2, 0.25) is 0 Å². The summed E-state index contributed by atoms with van der Waals surface area (Å²) < 4.78 is 0. The summed E-state index contributed by atoms with van der Waals surface area (Å²) in [6.45, 7) is 1.96. The second-order valence-corrected chi connectivity index (χ2v) is 4.59. The van der Waals surface area contributed by atoms with Gasteiger partial charge in [-0.05, 0) is 47.9 Å². The van der Waals surface area contributed by atoms with Crippen LogP contribution in [-0.2, 0) is 0 Å². The van der Waals surface area contributed by atoms with Crippen LogP contribution in [0.3, 0.4) is 0 Å². The van der Waals surface area contributed by atoms with Gasteiger partial charge in [-0.3, -0.25) is 4.79 Å². The summed E-state index contributed by atoms with van der Waals surface area (Å²) in [6.07, 6.45) is 0. The van der Waals surface area contributed by atoms with Gasteiger partial charge in [-0.15, -0.1) is 0 Å². The number of aromatic carboxylic acids is 1. The van der Waals surface area contributed by atoms with Gasteiger partial charge in [-0.1, -0.05) is 29.8 Å². The van der Waals surface area contributed by atoms with E-state index in [2.05, 4.69) is 0 Å². The van der Waals surface area contributed by atoms with E-state index in [9.17, 15) is 9.59 Å². The standard InChI is InChI=1S/C15H11ClO3/c1-9-2-4-10(5-3-9)11-6-12(14(16)17)8-13(7-11)15(18)19/h2-8H,1H3,(H,18,19). The van der Waals surface area contributed by atoms with Crippen molar-refractivity contribution in [2.45, 2.75) is 6.92 Å². The van der Waals surface area contributed by atoms with Crippen molar-refractivity contribution < 1.29 is 14.7 Å². The highest BCUT2D eigenvalue weighted by Gasteiger charge is 2.11. The van der Waals surface area contributed by atoms with E-state index in [1.165, 1.54) is 12.1 Å². The molecule has 2 aromatic carbocycles. The van der Waals surface area contributed by atoms with Crippen LogP contribution in [0.25, 0.3) is 11.1 Å². The molecule has 3 nitrogen and oxygen atoms in total. The number of halogens is 1. The fraction of sp³-hybridized carbons (Fsp3) is 0.0667. The number of carboxylic acid groups (broad SMARTS) is 1. The number of rotatable bonds is 3. The lowest BCUT2D eigenvalue weighted by molar-refractivity contribution is 0.0697. The molecule has 0 amide bonds. The predicted molar refractivity (Wildman–Crippen MR) is 73.8 cm³/mol. The molecule has 96 valence electrons. The summed E-state index contributed by atoms with van der Waals surface area (Å²) in [7, 11) is 0. The van der Waals surface area contributed by atoms with E-state index in [1.54, 1.807) is 6.07 Å². The molecule has 0 aliphatic carbocycles. The Labute approximate surface area is 115 Å². The second-order valence-electron chi connectivity index (χ2n) is 4.24. The molecule has 0 unspecified atom stereocenters. The van der Waals surface area contributed by atoms with E-state index in [4.69, 9.17) is 16.7 Å². The maximum absolute atomic E-state index is 11.2. The molecule has 4 heteroatoms. The topological polar surface area (TPSA) is 54.4 Å². The molecule has 2 rings (SSSR count). The van der Waals surface area contributed by atoms with Crippen LogP contribution in [0.5, 0.6) is 0 Å². The van der Waals surface area contributed by atoms with Crippen molar-refractivity contribution in [3.8, 4) is 11.1 Å². The summed E-state index contributed by atoms with van der Waals surface area (Å²) >= 11 is 5.43. The van der Waals surface area contributed by atoms with Crippen molar-refractivity contribution in [3.63, 3.8) is 0 Å².